The molecule has 0 saturated carbocycles. The zero-order valence-electron chi connectivity index (χ0n) is 9.65. The smallest absolute Gasteiger partial charge is 0.271 e. The maximum Gasteiger partial charge on any atom is 0.271 e. The van der Waals surface area contributed by atoms with Gasteiger partial charge in [0.15, 0.2) is 0 Å². The fraction of sp³-hybridized carbons (Fsp3) is 0.273. The van der Waals surface area contributed by atoms with Crippen LogP contribution in [0.1, 0.15) is 23.2 Å². The van der Waals surface area contributed by atoms with Crippen molar-refractivity contribution in [2.24, 2.45) is 0 Å². The lowest BCUT2D eigenvalue weighted by atomic mass is 10.2. The van der Waals surface area contributed by atoms with Crippen molar-refractivity contribution in [2.75, 3.05) is 6.54 Å². The molecule has 0 fully saturated rings. The summed E-state index contributed by atoms with van der Waals surface area (Å²) < 4.78 is 0. The minimum Gasteiger partial charge on any atom is -0.352 e. The van der Waals surface area contributed by atoms with E-state index in [-0.39, 0.29) is 27.8 Å². The van der Waals surface area contributed by atoms with Gasteiger partial charge < -0.3 is 5.32 Å². The number of nitriles is 1. The molecule has 0 radical (unpaired) electrons. The highest BCUT2D eigenvalue weighted by Crippen LogP contribution is 2.30. The van der Waals surface area contributed by atoms with E-state index in [1.807, 2.05) is 6.07 Å². The van der Waals surface area contributed by atoms with Gasteiger partial charge in [0.25, 0.3) is 11.6 Å². The Balaban J connectivity index is 2.90. The highest BCUT2D eigenvalue weighted by molar-refractivity contribution is 6.44. The number of nitro groups is 1. The summed E-state index contributed by atoms with van der Waals surface area (Å²) in [6, 6.07) is 4.08. The first kappa shape index (κ1) is 15.2. The summed E-state index contributed by atoms with van der Waals surface area (Å²) in [5, 5.41) is 21.4. The van der Waals surface area contributed by atoms with Gasteiger partial charge >= 0.3 is 0 Å². The minimum atomic E-state index is -0.658. The first-order chi connectivity index (χ1) is 8.97. The number of nitrogens with zero attached hydrogens (tertiary/aromatic N) is 2. The molecule has 1 aromatic carbocycles. The maximum absolute atomic E-state index is 11.8. The molecule has 0 unspecified atom stereocenters. The van der Waals surface area contributed by atoms with Crippen molar-refractivity contribution in [3.8, 4) is 6.07 Å². The fourth-order valence-electron chi connectivity index (χ4n) is 1.31. The molecule has 0 spiro atoms. The number of carbonyl (C=O) groups is 1. The van der Waals surface area contributed by atoms with Crippen LogP contribution in [0.2, 0.25) is 10.0 Å². The van der Waals surface area contributed by atoms with Gasteiger partial charge in [-0.1, -0.05) is 23.2 Å². The lowest BCUT2D eigenvalue weighted by Crippen LogP contribution is -2.24. The molecule has 0 saturated heterocycles. The van der Waals surface area contributed by atoms with Crippen molar-refractivity contribution in [3.05, 3.63) is 37.9 Å². The number of nitro benzene ring substituents is 1. The molecule has 1 aromatic rings. The van der Waals surface area contributed by atoms with E-state index in [0.29, 0.717) is 12.8 Å². The predicted molar refractivity (Wildman–Crippen MR) is 70.3 cm³/mol. The number of benzene rings is 1. The van der Waals surface area contributed by atoms with Crippen LogP contribution in [0, 0.1) is 21.4 Å². The first-order valence-corrected chi connectivity index (χ1v) is 6.01. The molecule has 0 aliphatic heterocycles. The first-order valence-electron chi connectivity index (χ1n) is 5.26. The Hall–Kier alpha value is -1.84. The van der Waals surface area contributed by atoms with Crippen LogP contribution in [0.3, 0.4) is 0 Å². The molecule has 0 bridgehead atoms. The van der Waals surface area contributed by atoms with Crippen LogP contribution in [0.15, 0.2) is 12.1 Å². The predicted octanol–water partition coefficient (Wildman–Crippen LogP) is 2.94. The fourth-order valence-corrected chi connectivity index (χ4v) is 1.72. The monoisotopic (exact) mass is 301 g/mol. The van der Waals surface area contributed by atoms with Crippen molar-refractivity contribution in [3.63, 3.8) is 0 Å². The van der Waals surface area contributed by atoms with Gasteiger partial charge in [0.05, 0.1) is 26.6 Å². The summed E-state index contributed by atoms with van der Waals surface area (Å²) in [5.74, 6) is -0.562. The van der Waals surface area contributed by atoms with Gasteiger partial charge in [-0.25, -0.2) is 0 Å². The number of nitrogens with one attached hydrogen (secondary N) is 1. The third kappa shape index (κ3) is 4.09. The third-order valence-electron chi connectivity index (χ3n) is 2.22. The number of amides is 1. The van der Waals surface area contributed by atoms with Crippen molar-refractivity contribution in [1.29, 1.82) is 5.26 Å². The van der Waals surface area contributed by atoms with Gasteiger partial charge in [-0.3, -0.25) is 14.9 Å². The zero-order chi connectivity index (χ0) is 14.4. The second-order valence-electron chi connectivity index (χ2n) is 3.56. The van der Waals surface area contributed by atoms with E-state index < -0.39 is 10.8 Å². The topological polar surface area (TPSA) is 96.0 Å². The summed E-state index contributed by atoms with van der Waals surface area (Å²) in [4.78, 5) is 21.8. The Bertz CT molecular complexity index is 555. The van der Waals surface area contributed by atoms with Crippen LogP contribution in [0.4, 0.5) is 5.69 Å². The molecule has 0 heterocycles. The Morgan fingerprint density at radius 3 is 2.74 bits per heavy atom. The number of non-ortho nitro benzene ring substituents is 1. The number of hydrogen-bond donors (Lipinski definition) is 1. The molecule has 6 nitrogen and oxygen atoms in total. The molecular weight excluding hydrogens is 293 g/mol. The number of unbranched alkanes of at least 4 members (excludes halogenated alkanes) is 1. The Kier molecular flexibility index (Phi) is 5.55. The van der Waals surface area contributed by atoms with Gasteiger partial charge in [0.1, 0.15) is 0 Å². The number of halogens is 2. The third-order valence-corrected chi connectivity index (χ3v) is 3.02. The van der Waals surface area contributed by atoms with E-state index in [9.17, 15) is 14.9 Å². The quantitative estimate of drug-likeness (QED) is 0.514. The van der Waals surface area contributed by atoms with Crippen LogP contribution >= 0.6 is 23.2 Å². The summed E-state index contributed by atoms with van der Waals surface area (Å²) in [7, 11) is 0. The highest BCUT2D eigenvalue weighted by Gasteiger charge is 2.19. The molecule has 0 aromatic heterocycles. The molecular formula is C11H9Cl2N3O3. The summed E-state index contributed by atoms with van der Waals surface area (Å²) in [6.45, 7) is 0.281. The molecule has 0 atom stereocenters. The van der Waals surface area contributed by atoms with Crippen LogP contribution in [-0.4, -0.2) is 17.4 Å². The van der Waals surface area contributed by atoms with Crippen molar-refractivity contribution >= 4 is 34.8 Å². The molecule has 8 heteroatoms. The van der Waals surface area contributed by atoms with Crippen LogP contribution in [0.25, 0.3) is 0 Å². The van der Waals surface area contributed by atoms with E-state index in [0.717, 1.165) is 12.1 Å². The molecule has 100 valence electrons. The van der Waals surface area contributed by atoms with Crippen molar-refractivity contribution in [2.45, 2.75) is 12.8 Å². The average Bonchev–Trinajstić information content (AvgIpc) is 2.37. The average molecular weight is 302 g/mol. The summed E-state index contributed by atoms with van der Waals surface area (Å²) in [6.07, 6.45) is 0.798. The second kappa shape index (κ2) is 6.92. The minimum absolute atomic E-state index is 0.0370. The second-order valence-corrected chi connectivity index (χ2v) is 4.35. The SMILES string of the molecule is N#CCCCNC(=O)c1cc([N+](=O)[O-])cc(Cl)c1Cl. The Labute approximate surface area is 119 Å². The van der Waals surface area contributed by atoms with E-state index in [1.165, 1.54) is 0 Å². The largest absolute Gasteiger partial charge is 0.352 e. The zero-order valence-corrected chi connectivity index (χ0v) is 11.2. The van der Waals surface area contributed by atoms with Crippen molar-refractivity contribution in [1.82, 2.24) is 5.32 Å². The lowest BCUT2D eigenvalue weighted by Gasteiger charge is -2.07. The molecule has 1 amide bonds. The standard InChI is InChI=1S/C11H9Cl2N3O3/c12-9-6-7(16(18)19)5-8(10(9)13)11(17)15-4-2-1-3-14/h5-6H,1-2,4H2,(H,15,17). The van der Waals surface area contributed by atoms with E-state index in [4.69, 9.17) is 28.5 Å². The van der Waals surface area contributed by atoms with Crippen LogP contribution < -0.4 is 5.32 Å². The van der Waals surface area contributed by atoms with E-state index in [2.05, 4.69) is 5.32 Å². The van der Waals surface area contributed by atoms with Gasteiger partial charge in [-0.2, -0.15) is 5.26 Å². The Morgan fingerprint density at radius 2 is 2.16 bits per heavy atom. The maximum atomic E-state index is 11.8. The van der Waals surface area contributed by atoms with Crippen LogP contribution in [-0.2, 0) is 0 Å². The van der Waals surface area contributed by atoms with Crippen molar-refractivity contribution < 1.29 is 9.72 Å². The molecule has 1 rings (SSSR count). The normalized spacial score (nSPS) is 9.74. The summed E-state index contributed by atoms with van der Waals surface area (Å²) >= 11 is 11.6. The van der Waals surface area contributed by atoms with E-state index in [1.54, 1.807) is 0 Å². The lowest BCUT2D eigenvalue weighted by molar-refractivity contribution is -0.384. The molecule has 0 aliphatic rings. The van der Waals surface area contributed by atoms with E-state index >= 15 is 0 Å². The number of hydrogen-bond acceptors (Lipinski definition) is 4. The van der Waals surface area contributed by atoms with Gasteiger partial charge in [0.2, 0.25) is 0 Å². The van der Waals surface area contributed by atoms with Gasteiger partial charge in [-0.05, 0) is 6.42 Å². The van der Waals surface area contributed by atoms with Gasteiger partial charge in [0, 0.05) is 25.1 Å². The number of rotatable bonds is 5. The van der Waals surface area contributed by atoms with Crippen LogP contribution in [0.5, 0.6) is 0 Å². The number of carbonyl (C=O) groups excluding carboxylic acids is 1. The molecule has 1 N–H and O–H groups in total. The summed E-state index contributed by atoms with van der Waals surface area (Å²) in [5.41, 5.74) is -0.366. The highest BCUT2D eigenvalue weighted by atomic mass is 35.5. The Morgan fingerprint density at radius 1 is 1.47 bits per heavy atom. The van der Waals surface area contributed by atoms with Gasteiger partial charge in [-0.15, -0.1) is 0 Å². The molecule has 0 aliphatic carbocycles. The molecule has 19 heavy (non-hydrogen) atoms.